The molecule has 0 radical (unpaired) electrons. The molecule has 0 unspecified atom stereocenters. The number of rotatable bonds is 2. The topological polar surface area (TPSA) is 58.6 Å². The molecule has 4 heterocycles. The van der Waals surface area contributed by atoms with E-state index in [1.165, 1.54) is 0 Å². The Labute approximate surface area is 153 Å². The molecule has 2 fully saturated rings. The summed E-state index contributed by atoms with van der Waals surface area (Å²) in [4.78, 5) is 25.7. The van der Waals surface area contributed by atoms with Crippen molar-refractivity contribution in [3.63, 3.8) is 0 Å². The van der Waals surface area contributed by atoms with E-state index in [4.69, 9.17) is 4.74 Å². The lowest BCUT2D eigenvalue weighted by atomic mass is 9.80. The first-order valence-corrected chi connectivity index (χ1v) is 9.19. The Morgan fingerprint density at radius 2 is 2.08 bits per heavy atom. The molecule has 2 aromatic rings. The lowest BCUT2D eigenvalue weighted by Gasteiger charge is -2.43. The summed E-state index contributed by atoms with van der Waals surface area (Å²) < 4.78 is 5.95. The number of carbonyl (C=O) groups excluding carboxylic acids is 1. The number of amides is 1. The van der Waals surface area contributed by atoms with Crippen molar-refractivity contribution in [1.82, 2.24) is 14.9 Å². The van der Waals surface area contributed by atoms with Gasteiger partial charge in [0.2, 0.25) is 0 Å². The van der Waals surface area contributed by atoms with Gasteiger partial charge in [0.05, 0.1) is 18.8 Å². The van der Waals surface area contributed by atoms with Crippen molar-refractivity contribution < 1.29 is 9.53 Å². The molecule has 1 atom stereocenters. The molecule has 0 aliphatic carbocycles. The fraction of sp³-hybridized carbons (Fsp3) is 0.450. The summed E-state index contributed by atoms with van der Waals surface area (Å²) in [5.41, 5.74) is 0.602. The van der Waals surface area contributed by atoms with E-state index in [-0.39, 0.29) is 11.3 Å². The minimum Gasteiger partial charge on any atom is -0.379 e. The number of nitrogens with zero attached hydrogens (tertiary/aromatic N) is 4. The van der Waals surface area contributed by atoms with Crippen LogP contribution in [0.15, 0.2) is 48.9 Å². The van der Waals surface area contributed by atoms with Gasteiger partial charge in [0.25, 0.3) is 5.91 Å². The molecule has 1 amide bonds. The second-order valence-corrected chi connectivity index (χ2v) is 7.23. The number of anilines is 1. The van der Waals surface area contributed by atoms with E-state index in [1.807, 2.05) is 41.4 Å². The molecule has 2 saturated heterocycles. The SMILES string of the molecule is O=C(c1cccnc1)N1CCC[C@]2(COCCN(c3ccccn3)C2)C1. The zero-order chi connectivity index (χ0) is 17.8. The van der Waals surface area contributed by atoms with E-state index in [0.29, 0.717) is 25.3 Å². The van der Waals surface area contributed by atoms with Gasteiger partial charge in [0.15, 0.2) is 0 Å². The molecule has 0 saturated carbocycles. The first-order chi connectivity index (χ1) is 12.8. The highest BCUT2D eigenvalue weighted by Crippen LogP contribution is 2.34. The van der Waals surface area contributed by atoms with Crippen LogP contribution >= 0.6 is 0 Å². The fourth-order valence-corrected chi connectivity index (χ4v) is 4.03. The highest BCUT2D eigenvalue weighted by molar-refractivity contribution is 5.94. The van der Waals surface area contributed by atoms with Crippen LogP contribution in [-0.2, 0) is 4.74 Å². The fourth-order valence-electron chi connectivity index (χ4n) is 4.03. The Morgan fingerprint density at radius 1 is 1.12 bits per heavy atom. The summed E-state index contributed by atoms with van der Waals surface area (Å²) in [5, 5.41) is 0. The van der Waals surface area contributed by atoms with Gasteiger partial charge in [-0.05, 0) is 37.1 Å². The van der Waals surface area contributed by atoms with Crippen LogP contribution in [0.3, 0.4) is 0 Å². The standard InChI is InChI=1S/C20H24N4O2/c25-19(17-5-3-8-21-13-17)24-10-4-7-20(15-24)14-23(11-12-26-16-20)18-6-1-2-9-22-18/h1-3,5-6,8-9,13H,4,7,10-12,14-16H2/t20-/m1/s1. The minimum atomic E-state index is -0.0514. The van der Waals surface area contributed by atoms with Crippen molar-refractivity contribution in [3.05, 3.63) is 54.5 Å². The molecule has 2 aliphatic rings. The highest BCUT2D eigenvalue weighted by Gasteiger charge is 2.40. The van der Waals surface area contributed by atoms with Gasteiger partial charge in [0.1, 0.15) is 5.82 Å². The molecular formula is C20H24N4O2. The normalized spacial score (nSPS) is 23.7. The molecular weight excluding hydrogens is 328 g/mol. The molecule has 6 heteroatoms. The Bertz CT molecular complexity index is 740. The van der Waals surface area contributed by atoms with Gasteiger partial charge in [-0.3, -0.25) is 9.78 Å². The summed E-state index contributed by atoms with van der Waals surface area (Å²) in [6.45, 7) is 4.57. The van der Waals surface area contributed by atoms with Gasteiger partial charge in [-0.2, -0.15) is 0 Å². The lowest BCUT2D eigenvalue weighted by molar-refractivity contribution is 0.0135. The van der Waals surface area contributed by atoms with Crippen LogP contribution in [0.25, 0.3) is 0 Å². The van der Waals surface area contributed by atoms with Crippen molar-refractivity contribution >= 4 is 11.7 Å². The molecule has 136 valence electrons. The third kappa shape index (κ3) is 3.55. The van der Waals surface area contributed by atoms with Crippen molar-refractivity contribution in [2.45, 2.75) is 12.8 Å². The third-order valence-electron chi connectivity index (χ3n) is 5.27. The van der Waals surface area contributed by atoms with E-state index in [2.05, 4.69) is 14.9 Å². The van der Waals surface area contributed by atoms with Crippen molar-refractivity contribution in [2.24, 2.45) is 5.41 Å². The Morgan fingerprint density at radius 3 is 2.88 bits per heavy atom. The predicted octanol–water partition coefficient (Wildman–Crippen LogP) is 2.24. The number of likely N-dealkylation sites (tertiary alicyclic amines) is 1. The smallest absolute Gasteiger partial charge is 0.255 e. The first kappa shape index (κ1) is 17.0. The molecule has 6 nitrogen and oxygen atoms in total. The second-order valence-electron chi connectivity index (χ2n) is 7.23. The number of hydrogen-bond acceptors (Lipinski definition) is 5. The van der Waals surface area contributed by atoms with Crippen LogP contribution < -0.4 is 4.90 Å². The zero-order valence-corrected chi connectivity index (χ0v) is 14.9. The van der Waals surface area contributed by atoms with E-state index >= 15 is 0 Å². The van der Waals surface area contributed by atoms with Gasteiger partial charge in [-0.15, -0.1) is 0 Å². The largest absolute Gasteiger partial charge is 0.379 e. The van der Waals surface area contributed by atoms with Gasteiger partial charge in [0, 0.05) is 50.2 Å². The Hall–Kier alpha value is -2.47. The summed E-state index contributed by atoms with van der Waals surface area (Å²) in [6.07, 6.45) is 7.22. The second kappa shape index (κ2) is 7.41. The molecule has 26 heavy (non-hydrogen) atoms. The quantitative estimate of drug-likeness (QED) is 0.830. The number of aromatic nitrogens is 2. The maximum Gasteiger partial charge on any atom is 0.255 e. The predicted molar refractivity (Wildman–Crippen MR) is 99.1 cm³/mol. The maximum atomic E-state index is 12.9. The third-order valence-corrected chi connectivity index (χ3v) is 5.27. The molecule has 0 N–H and O–H groups in total. The molecule has 0 aromatic carbocycles. The number of hydrogen-bond donors (Lipinski definition) is 0. The molecule has 4 rings (SSSR count). The molecule has 0 bridgehead atoms. The minimum absolute atomic E-state index is 0.0514. The van der Waals surface area contributed by atoms with E-state index < -0.39 is 0 Å². The summed E-state index contributed by atoms with van der Waals surface area (Å²) in [6, 6.07) is 9.63. The average molecular weight is 352 g/mol. The number of carbonyl (C=O) groups is 1. The molecule has 2 aromatic heterocycles. The lowest BCUT2D eigenvalue weighted by Crippen LogP contribution is -2.52. The molecule has 1 spiro atoms. The summed E-state index contributed by atoms with van der Waals surface area (Å²) in [7, 11) is 0. The van der Waals surface area contributed by atoms with Crippen LogP contribution in [0.4, 0.5) is 5.82 Å². The van der Waals surface area contributed by atoms with Gasteiger partial charge in [-0.1, -0.05) is 6.07 Å². The van der Waals surface area contributed by atoms with Crippen molar-refractivity contribution in [3.8, 4) is 0 Å². The van der Waals surface area contributed by atoms with Crippen LogP contribution in [0.5, 0.6) is 0 Å². The number of ether oxygens (including phenoxy) is 1. The van der Waals surface area contributed by atoms with Crippen LogP contribution in [-0.4, -0.2) is 60.2 Å². The Kier molecular flexibility index (Phi) is 4.84. The summed E-state index contributed by atoms with van der Waals surface area (Å²) >= 11 is 0. The zero-order valence-electron chi connectivity index (χ0n) is 14.9. The van der Waals surface area contributed by atoms with Crippen LogP contribution in [0.1, 0.15) is 23.2 Å². The monoisotopic (exact) mass is 352 g/mol. The van der Waals surface area contributed by atoms with E-state index in [1.54, 1.807) is 12.4 Å². The maximum absolute atomic E-state index is 12.9. The van der Waals surface area contributed by atoms with E-state index in [9.17, 15) is 4.79 Å². The van der Waals surface area contributed by atoms with Crippen LogP contribution in [0.2, 0.25) is 0 Å². The van der Waals surface area contributed by atoms with Crippen molar-refractivity contribution in [1.29, 1.82) is 0 Å². The van der Waals surface area contributed by atoms with Gasteiger partial charge >= 0.3 is 0 Å². The van der Waals surface area contributed by atoms with Crippen molar-refractivity contribution in [2.75, 3.05) is 44.3 Å². The highest BCUT2D eigenvalue weighted by atomic mass is 16.5. The van der Waals surface area contributed by atoms with Gasteiger partial charge < -0.3 is 14.5 Å². The number of pyridine rings is 2. The van der Waals surface area contributed by atoms with Gasteiger partial charge in [-0.25, -0.2) is 4.98 Å². The number of piperidine rings is 1. The van der Waals surface area contributed by atoms with Crippen LogP contribution in [0, 0.1) is 5.41 Å². The first-order valence-electron chi connectivity index (χ1n) is 9.19. The van der Waals surface area contributed by atoms with E-state index in [0.717, 1.165) is 38.3 Å². The average Bonchev–Trinajstić information content (AvgIpc) is 2.91. The Balaban J connectivity index is 1.53. The summed E-state index contributed by atoms with van der Waals surface area (Å²) in [5.74, 6) is 1.04. The molecule has 2 aliphatic heterocycles.